The van der Waals surface area contributed by atoms with Crippen molar-refractivity contribution in [1.82, 2.24) is 4.90 Å². The van der Waals surface area contributed by atoms with E-state index >= 15 is 0 Å². The van der Waals surface area contributed by atoms with Crippen LogP contribution in [0.5, 0.6) is 0 Å². The average molecular weight is 285 g/mol. The van der Waals surface area contributed by atoms with Crippen molar-refractivity contribution in [2.45, 2.75) is 46.0 Å². The van der Waals surface area contributed by atoms with Crippen LogP contribution in [0.4, 0.5) is 0 Å². The van der Waals surface area contributed by atoms with Crippen LogP contribution < -0.4 is 5.73 Å². The van der Waals surface area contributed by atoms with Gasteiger partial charge in [0.1, 0.15) is 5.41 Å². The topological polar surface area (TPSA) is 88.2 Å². The Morgan fingerprint density at radius 3 is 2.50 bits per heavy atom. The first-order chi connectivity index (χ1) is 9.62. The first-order valence-corrected chi connectivity index (χ1v) is 7.47. The van der Waals surface area contributed by atoms with E-state index in [2.05, 4.69) is 5.16 Å². The van der Waals surface area contributed by atoms with Crippen LogP contribution in [0, 0.1) is 5.41 Å². The molecule has 0 atom stereocenters. The molecule has 1 aliphatic carbocycles. The van der Waals surface area contributed by atoms with Gasteiger partial charge >= 0.3 is 0 Å². The predicted molar refractivity (Wildman–Crippen MR) is 77.7 cm³/mol. The summed E-state index contributed by atoms with van der Waals surface area (Å²) >= 11 is 0. The molecule has 1 rings (SSSR count). The third-order valence-electron chi connectivity index (χ3n) is 4.09. The molecule has 0 aliphatic heterocycles. The largest absolute Gasteiger partial charge is 0.409 e. The van der Waals surface area contributed by atoms with Gasteiger partial charge in [-0.15, -0.1) is 0 Å². The number of hydrogen-bond donors (Lipinski definition) is 2. The first-order valence-electron chi connectivity index (χ1n) is 7.47. The molecule has 0 saturated heterocycles. The second kappa shape index (κ2) is 8.09. The van der Waals surface area contributed by atoms with Crippen molar-refractivity contribution in [3.8, 4) is 0 Å². The summed E-state index contributed by atoms with van der Waals surface area (Å²) in [6.07, 6.45) is 4.29. The van der Waals surface area contributed by atoms with Crippen molar-refractivity contribution in [3.63, 3.8) is 0 Å². The summed E-state index contributed by atoms with van der Waals surface area (Å²) in [5.41, 5.74) is 5.03. The van der Waals surface area contributed by atoms with E-state index in [0.717, 1.165) is 19.3 Å². The number of amidine groups is 1. The molecule has 0 heterocycles. The average Bonchev–Trinajstić information content (AvgIpc) is 2.51. The molecule has 116 valence electrons. The summed E-state index contributed by atoms with van der Waals surface area (Å²) in [7, 11) is 0. The van der Waals surface area contributed by atoms with Crippen molar-refractivity contribution in [2.24, 2.45) is 16.3 Å². The maximum atomic E-state index is 12.8. The molecule has 0 spiro atoms. The Labute approximate surface area is 120 Å². The summed E-state index contributed by atoms with van der Waals surface area (Å²) in [6.45, 7) is 6.17. The fourth-order valence-corrected chi connectivity index (χ4v) is 2.86. The van der Waals surface area contributed by atoms with Crippen LogP contribution >= 0.6 is 0 Å². The van der Waals surface area contributed by atoms with Crippen LogP contribution in [0.15, 0.2) is 5.16 Å². The highest BCUT2D eigenvalue weighted by Gasteiger charge is 2.45. The summed E-state index contributed by atoms with van der Waals surface area (Å²) < 4.78 is 5.32. The Hall–Kier alpha value is -1.30. The maximum Gasteiger partial charge on any atom is 0.236 e. The number of amides is 1. The van der Waals surface area contributed by atoms with Gasteiger partial charge in [-0.25, -0.2) is 0 Å². The van der Waals surface area contributed by atoms with E-state index in [1.54, 1.807) is 4.90 Å². The Bertz CT molecular complexity index is 339. The van der Waals surface area contributed by atoms with Gasteiger partial charge in [-0.1, -0.05) is 24.4 Å². The normalized spacial score (nSPS) is 18.8. The lowest BCUT2D eigenvalue weighted by Crippen LogP contribution is -2.53. The molecule has 0 aromatic heterocycles. The third kappa shape index (κ3) is 3.62. The van der Waals surface area contributed by atoms with Gasteiger partial charge in [0, 0.05) is 19.7 Å². The lowest BCUT2D eigenvalue weighted by Gasteiger charge is -2.38. The van der Waals surface area contributed by atoms with Crippen LogP contribution in [0.3, 0.4) is 0 Å². The number of carbonyl (C=O) groups excluding carboxylic acids is 1. The van der Waals surface area contributed by atoms with Crippen molar-refractivity contribution >= 4 is 11.7 Å². The summed E-state index contributed by atoms with van der Waals surface area (Å²) in [5.74, 6) is 0.0202. The zero-order valence-corrected chi connectivity index (χ0v) is 12.6. The lowest BCUT2D eigenvalue weighted by molar-refractivity contribution is -0.140. The maximum absolute atomic E-state index is 12.8. The fraction of sp³-hybridized carbons (Fsp3) is 0.857. The molecule has 20 heavy (non-hydrogen) atoms. The van der Waals surface area contributed by atoms with E-state index in [1.165, 1.54) is 0 Å². The molecule has 0 aromatic carbocycles. The van der Waals surface area contributed by atoms with E-state index in [4.69, 9.17) is 15.7 Å². The number of carbonyl (C=O) groups is 1. The summed E-state index contributed by atoms with van der Waals surface area (Å²) in [5, 5.41) is 12.2. The Morgan fingerprint density at radius 2 is 2.00 bits per heavy atom. The molecule has 1 aliphatic rings. The van der Waals surface area contributed by atoms with Crippen LogP contribution in [0.2, 0.25) is 0 Å². The highest BCUT2D eigenvalue weighted by atomic mass is 16.5. The predicted octanol–water partition coefficient (Wildman–Crippen LogP) is 1.57. The van der Waals surface area contributed by atoms with E-state index < -0.39 is 5.41 Å². The monoisotopic (exact) mass is 285 g/mol. The Balaban J connectivity index is 2.85. The smallest absolute Gasteiger partial charge is 0.236 e. The standard InChI is InChI=1S/C14H27N3O3/c1-3-17(10-11-20-4-2)13(18)14(12(15)16-19)8-6-5-7-9-14/h19H,3-11H2,1-2H3,(H2,15,16). The van der Waals surface area contributed by atoms with Crippen molar-refractivity contribution in [1.29, 1.82) is 0 Å². The number of nitrogens with two attached hydrogens (primary N) is 1. The van der Waals surface area contributed by atoms with Gasteiger partial charge in [-0.05, 0) is 26.7 Å². The van der Waals surface area contributed by atoms with Gasteiger partial charge in [-0.3, -0.25) is 4.79 Å². The van der Waals surface area contributed by atoms with E-state index in [0.29, 0.717) is 39.1 Å². The van der Waals surface area contributed by atoms with Crippen LogP contribution in [-0.2, 0) is 9.53 Å². The van der Waals surface area contributed by atoms with Crippen molar-refractivity contribution in [2.75, 3.05) is 26.3 Å². The highest BCUT2D eigenvalue weighted by molar-refractivity contribution is 6.06. The molecule has 6 heteroatoms. The van der Waals surface area contributed by atoms with E-state index in [1.807, 2.05) is 13.8 Å². The fourth-order valence-electron chi connectivity index (χ4n) is 2.86. The van der Waals surface area contributed by atoms with Crippen LogP contribution in [0.25, 0.3) is 0 Å². The van der Waals surface area contributed by atoms with Gasteiger partial charge in [0.05, 0.1) is 6.61 Å². The molecular formula is C14H27N3O3. The molecule has 0 unspecified atom stereocenters. The molecular weight excluding hydrogens is 258 g/mol. The van der Waals surface area contributed by atoms with Gasteiger partial charge in [0.15, 0.2) is 5.84 Å². The quantitative estimate of drug-likeness (QED) is 0.244. The molecule has 1 saturated carbocycles. The van der Waals surface area contributed by atoms with Gasteiger partial charge in [-0.2, -0.15) is 0 Å². The highest BCUT2D eigenvalue weighted by Crippen LogP contribution is 2.38. The van der Waals surface area contributed by atoms with E-state index in [9.17, 15) is 4.79 Å². The number of nitrogens with zero attached hydrogens (tertiary/aromatic N) is 2. The zero-order chi connectivity index (χ0) is 15.0. The molecule has 3 N–H and O–H groups in total. The second-order valence-electron chi connectivity index (χ2n) is 5.21. The molecule has 1 fully saturated rings. The van der Waals surface area contributed by atoms with Crippen molar-refractivity contribution < 1.29 is 14.7 Å². The van der Waals surface area contributed by atoms with Crippen LogP contribution in [0.1, 0.15) is 46.0 Å². The Kier molecular flexibility index (Phi) is 6.78. The third-order valence-corrected chi connectivity index (χ3v) is 4.09. The van der Waals surface area contributed by atoms with Gasteiger partial charge in [0.25, 0.3) is 0 Å². The number of hydrogen-bond acceptors (Lipinski definition) is 4. The minimum absolute atomic E-state index is 0.0327. The number of oxime groups is 1. The minimum Gasteiger partial charge on any atom is -0.409 e. The molecule has 1 amide bonds. The minimum atomic E-state index is -0.824. The summed E-state index contributed by atoms with van der Waals surface area (Å²) in [4.78, 5) is 14.6. The molecule has 0 bridgehead atoms. The first kappa shape index (κ1) is 16.8. The zero-order valence-electron chi connectivity index (χ0n) is 12.6. The number of likely N-dealkylation sites (N-methyl/N-ethyl adjacent to an activating group) is 1. The van der Waals surface area contributed by atoms with Crippen molar-refractivity contribution in [3.05, 3.63) is 0 Å². The van der Waals surface area contributed by atoms with Gasteiger partial charge in [0.2, 0.25) is 5.91 Å². The summed E-state index contributed by atoms with van der Waals surface area (Å²) in [6, 6.07) is 0. The Morgan fingerprint density at radius 1 is 1.35 bits per heavy atom. The lowest BCUT2D eigenvalue weighted by atomic mass is 9.72. The van der Waals surface area contributed by atoms with Gasteiger partial charge < -0.3 is 20.6 Å². The SMILES string of the molecule is CCOCCN(CC)C(=O)C1(C(N)=NO)CCCCC1. The van der Waals surface area contributed by atoms with Crippen LogP contribution in [-0.4, -0.2) is 48.2 Å². The second-order valence-corrected chi connectivity index (χ2v) is 5.21. The number of ether oxygens (including phenoxy) is 1. The molecule has 0 radical (unpaired) electrons. The molecule has 0 aromatic rings. The number of rotatable bonds is 7. The van der Waals surface area contributed by atoms with E-state index in [-0.39, 0.29) is 11.7 Å². The molecule has 6 nitrogen and oxygen atoms in total.